The number of H-pyrrole nitrogens is 2. The van der Waals surface area contributed by atoms with E-state index in [0.29, 0.717) is 22.2 Å². The van der Waals surface area contributed by atoms with Gasteiger partial charge in [-0.25, -0.2) is 18.6 Å². The van der Waals surface area contributed by atoms with Gasteiger partial charge >= 0.3 is 5.69 Å². The Morgan fingerprint density at radius 3 is 2.63 bits per heavy atom. The molecule has 3 aromatic heterocycles. The molecule has 1 aromatic carbocycles. The van der Waals surface area contributed by atoms with Crippen LogP contribution in [0.3, 0.4) is 0 Å². The third kappa shape index (κ3) is 3.52. The van der Waals surface area contributed by atoms with Crippen molar-refractivity contribution in [1.29, 1.82) is 0 Å². The summed E-state index contributed by atoms with van der Waals surface area (Å²) in [6, 6.07) is 4.92. The van der Waals surface area contributed by atoms with E-state index in [1.165, 1.54) is 16.8 Å². The van der Waals surface area contributed by atoms with Crippen LogP contribution in [-0.4, -0.2) is 35.7 Å². The molecule has 4 aromatic rings. The molecule has 0 aliphatic heterocycles. The average molecular weight is 411 g/mol. The second kappa shape index (κ2) is 6.79. The van der Waals surface area contributed by atoms with Crippen molar-refractivity contribution < 1.29 is 13.9 Å². The van der Waals surface area contributed by atoms with E-state index in [0.717, 1.165) is 31.0 Å². The number of aromatic hydroxyl groups is 1. The van der Waals surface area contributed by atoms with Crippen molar-refractivity contribution in [3.63, 3.8) is 0 Å². The summed E-state index contributed by atoms with van der Waals surface area (Å²) < 4.78 is 28.6. The summed E-state index contributed by atoms with van der Waals surface area (Å²) in [4.78, 5) is 25.2. The number of nitrogens with zero attached hydrogens (tertiary/aromatic N) is 4. The third-order valence-electron chi connectivity index (χ3n) is 4.51. The first kappa shape index (κ1) is 18.0. The quantitative estimate of drug-likeness (QED) is 0.400. The molecule has 0 atom stereocenters. The summed E-state index contributed by atoms with van der Waals surface area (Å²) in [5.41, 5.74) is 0.719. The Morgan fingerprint density at radius 2 is 1.97 bits per heavy atom. The van der Waals surface area contributed by atoms with E-state index in [1.54, 1.807) is 6.07 Å². The summed E-state index contributed by atoms with van der Waals surface area (Å²) in [6.07, 6.45) is 4.97. The second-order valence-electron chi connectivity index (χ2n) is 6.96. The predicted molar refractivity (Wildman–Crippen MR) is 103 cm³/mol. The number of rotatable bonds is 4. The van der Waals surface area contributed by atoms with Gasteiger partial charge in [-0.3, -0.25) is 9.98 Å². The molecular formula is C19H15F2N7O2. The first-order valence-corrected chi connectivity index (χ1v) is 9.13. The minimum absolute atomic E-state index is 0.169. The van der Waals surface area contributed by atoms with Crippen molar-refractivity contribution in [2.45, 2.75) is 18.9 Å². The van der Waals surface area contributed by atoms with Gasteiger partial charge in [-0.1, -0.05) is 0 Å². The zero-order valence-corrected chi connectivity index (χ0v) is 15.4. The maximum absolute atomic E-state index is 13.5. The van der Waals surface area contributed by atoms with E-state index in [1.807, 2.05) is 0 Å². The SMILES string of the molecule is O=c1[nH]c(O)c(/C=c2/cnn3c(=NC4CC4)cc(Nc4cc(F)cc(F)c4)nc23)[nH]1. The lowest BCUT2D eigenvalue weighted by Crippen LogP contribution is -2.19. The molecule has 1 fully saturated rings. The van der Waals surface area contributed by atoms with E-state index in [4.69, 9.17) is 0 Å². The standard InChI is InChI=1S/C19H15F2N7O2/c20-10-4-11(21)6-13(5-10)23-15-7-16(24-12-1-2-12)28-17(26-15)9(8-22-28)3-14-18(29)27-19(30)25-14/h3-8,12,23,29H,1-2H2,(H2,25,27,30)/b9-3-,24-16?. The van der Waals surface area contributed by atoms with Gasteiger partial charge < -0.3 is 15.4 Å². The molecule has 1 saturated carbocycles. The molecule has 0 radical (unpaired) electrons. The van der Waals surface area contributed by atoms with Crippen molar-refractivity contribution in [3.8, 4) is 5.88 Å². The zero-order valence-electron chi connectivity index (χ0n) is 15.4. The second-order valence-corrected chi connectivity index (χ2v) is 6.96. The lowest BCUT2D eigenvalue weighted by molar-refractivity contribution is 0.454. The number of halogens is 2. The van der Waals surface area contributed by atoms with E-state index >= 15 is 0 Å². The normalized spacial score (nSPS) is 15.3. The highest BCUT2D eigenvalue weighted by Gasteiger charge is 2.20. The molecule has 0 amide bonds. The van der Waals surface area contributed by atoms with Crippen LogP contribution in [0.15, 0.2) is 40.2 Å². The van der Waals surface area contributed by atoms with Gasteiger partial charge in [-0.05, 0) is 31.1 Å². The summed E-state index contributed by atoms with van der Waals surface area (Å²) in [6.45, 7) is 0. The molecule has 9 nitrogen and oxygen atoms in total. The van der Waals surface area contributed by atoms with Crippen LogP contribution in [0.2, 0.25) is 0 Å². The average Bonchev–Trinajstić information content (AvgIpc) is 3.30. The molecule has 0 bridgehead atoms. The highest BCUT2D eigenvalue weighted by atomic mass is 19.1. The highest BCUT2D eigenvalue weighted by Crippen LogP contribution is 2.23. The number of hydrogen-bond donors (Lipinski definition) is 4. The van der Waals surface area contributed by atoms with Gasteiger partial charge in [0.15, 0.2) is 11.1 Å². The number of anilines is 2. The molecular weight excluding hydrogens is 396 g/mol. The van der Waals surface area contributed by atoms with Crippen LogP contribution in [0.1, 0.15) is 18.5 Å². The lowest BCUT2D eigenvalue weighted by Gasteiger charge is -2.07. The van der Waals surface area contributed by atoms with Crippen molar-refractivity contribution in [3.05, 3.63) is 69.0 Å². The molecule has 152 valence electrons. The number of benzene rings is 1. The minimum atomic E-state index is -0.716. The first-order chi connectivity index (χ1) is 14.4. The predicted octanol–water partition coefficient (Wildman–Crippen LogP) is 1.08. The van der Waals surface area contributed by atoms with Crippen LogP contribution >= 0.6 is 0 Å². The molecule has 0 unspecified atom stereocenters. The van der Waals surface area contributed by atoms with Gasteiger partial charge in [0.1, 0.15) is 23.1 Å². The van der Waals surface area contributed by atoms with Crippen molar-refractivity contribution in [2.24, 2.45) is 4.99 Å². The molecule has 30 heavy (non-hydrogen) atoms. The topological polar surface area (TPSA) is 123 Å². The third-order valence-corrected chi connectivity index (χ3v) is 4.51. The van der Waals surface area contributed by atoms with Gasteiger partial charge in [-0.2, -0.15) is 9.61 Å². The van der Waals surface area contributed by atoms with Crippen molar-refractivity contribution in [2.75, 3.05) is 5.32 Å². The van der Waals surface area contributed by atoms with Crippen LogP contribution in [0.4, 0.5) is 20.3 Å². The monoisotopic (exact) mass is 411 g/mol. The van der Waals surface area contributed by atoms with Crippen molar-refractivity contribution >= 4 is 23.2 Å². The minimum Gasteiger partial charge on any atom is -0.493 e. The van der Waals surface area contributed by atoms with Crippen LogP contribution in [0, 0.1) is 11.6 Å². The summed E-state index contributed by atoms with van der Waals surface area (Å²) in [5.74, 6) is -1.43. The number of aromatic nitrogens is 5. The maximum atomic E-state index is 13.5. The Labute approximate surface area is 166 Å². The van der Waals surface area contributed by atoms with Gasteiger partial charge in [0.2, 0.25) is 5.88 Å². The lowest BCUT2D eigenvalue weighted by atomic mass is 10.3. The Balaban J connectivity index is 1.68. The number of imidazole rings is 1. The van der Waals surface area contributed by atoms with Gasteiger partial charge in [0.05, 0.1) is 12.2 Å². The van der Waals surface area contributed by atoms with Gasteiger partial charge in [0, 0.05) is 23.0 Å². The van der Waals surface area contributed by atoms with E-state index < -0.39 is 17.3 Å². The number of fused-ring (bicyclic) bond motifs is 1. The molecule has 0 spiro atoms. The first-order valence-electron chi connectivity index (χ1n) is 9.13. The van der Waals surface area contributed by atoms with E-state index in [2.05, 4.69) is 30.4 Å². The van der Waals surface area contributed by atoms with E-state index in [-0.39, 0.29) is 23.3 Å². The molecule has 1 aliphatic carbocycles. The number of nitrogens with one attached hydrogen (secondary N) is 3. The Morgan fingerprint density at radius 1 is 1.20 bits per heavy atom. The number of hydrogen-bond acceptors (Lipinski definition) is 6. The van der Waals surface area contributed by atoms with Crippen LogP contribution in [0.25, 0.3) is 11.7 Å². The fraction of sp³-hybridized carbons (Fsp3) is 0.158. The molecule has 1 aliphatic rings. The van der Waals surface area contributed by atoms with E-state index in [9.17, 15) is 18.7 Å². The molecule has 0 saturated heterocycles. The Bertz CT molecular complexity index is 1430. The molecule has 4 N–H and O–H groups in total. The van der Waals surface area contributed by atoms with Crippen LogP contribution in [0.5, 0.6) is 5.88 Å². The van der Waals surface area contributed by atoms with Crippen molar-refractivity contribution in [1.82, 2.24) is 24.6 Å². The molecule has 5 rings (SSSR count). The van der Waals surface area contributed by atoms with Crippen LogP contribution in [-0.2, 0) is 0 Å². The fourth-order valence-corrected chi connectivity index (χ4v) is 3.03. The van der Waals surface area contributed by atoms with Crippen LogP contribution < -0.4 is 21.7 Å². The van der Waals surface area contributed by atoms with Gasteiger partial charge in [-0.15, -0.1) is 0 Å². The smallest absolute Gasteiger partial charge is 0.326 e. The molecule has 11 heteroatoms. The number of aromatic amines is 2. The fourth-order valence-electron chi connectivity index (χ4n) is 3.03. The summed E-state index contributed by atoms with van der Waals surface area (Å²) >= 11 is 0. The largest absolute Gasteiger partial charge is 0.493 e. The maximum Gasteiger partial charge on any atom is 0.326 e. The Hall–Kier alpha value is -4.02. The van der Waals surface area contributed by atoms with Gasteiger partial charge in [0.25, 0.3) is 0 Å². The summed E-state index contributed by atoms with van der Waals surface area (Å²) in [7, 11) is 0. The molecule has 3 heterocycles. The Kier molecular flexibility index (Phi) is 4.09. The summed E-state index contributed by atoms with van der Waals surface area (Å²) in [5, 5.41) is 17.5. The zero-order chi connectivity index (χ0) is 20.8. The highest BCUT2D eigenvalue weighted by molar-refractivity contribution is 5.61.